The van der Waals surface area contributed by atoms with Gasteiger partial charge in [-0.3, -0.25) is 0 Å². The number of hydrogen-bond acceptors (Lipinski definition) is 7. The maximum atomic E-state index is 5.66. The predicted molar refractivity (Wildman–Crippen MR) is 399 cm³/mol. The fourth-order valence-electron chi connectivity index (χ4n) is 14.3. The molecule has 0 unspecified atom stereocenters. The highest BCUT2D eigenvalue weighted by Gasteiger charge is 2.43. The van der Waals surface area contributed by atoms with Crippen LogP contribution in [0.4, 0.5) is 34.1 Å². The lowest BCUT2D eigenvalue weighted by molar-refractivity contribution is 0.590. The summed E-state index contributed by atoms with van der Waals surface area (Å²) < 4.78 is 2.41. The number of aromatic nitrogens is 6. The van der Waals surface area contributed by atoms with Crippen molar-refractivity contribution in [3.8, 4) is 84.9 Å². The molecule has 2 aliphatic rings. The number of rotatable bonds is 10. The van der Waals surface area contributed by atoms with Crippen LogP contribution < -0.4 is 26.2 Å². The van der Waals surface area contributed by atoms with Crippen molar-refractivity contribution in [3.63, 3.8) is 0 Å². The fourth-order valence-corrected chi connectivity index (χ4v) is 14.3. The molecule has 0 radical (unpaired) electrons. The molecule has 0 amide bonds. The summed E-state index contributed by atoms with van der Waals surface area (Å²) in [5.41, 5.74) is 25.3. The molecular weight excluding hydrogens is 1170 g/mol. The van der Waals surface area contributed by atoms with Crippen LogP contribution >= 0.6 is 0 Å². The number of hydrogen-bond donors (Lipinski definition) is 0. The smallest absolute Gasteiger partial charge is 0.252 e. The second-order valence-electron chi connectivity index (χ2n) is 27.3. The van der Waals surface area contributed by atoms with Gasteiger partial charge in [0.1, 0.15) is 0 Å². The molecule has 96 heavy (non-hydrogen) atoms. The number of nitrogens with zero attached hydrogens (tertiary/aromatic N) is 8. The SMILES string of the molecule is CC(C)(C)c1ccc2c(c1)c1cc(C(C)(C)C)ccc1n2-c1ccc(-c2cc(-c3ccccc3)nc(-c3ccccc3)n2)cc1-c1nc(-c2ccccc2)nc(-c2cccc(-c3cccc(N4c5ccccc5B5c6ccccc6N(c6ccccc6)c6cccc4c65)c3)c2)n1. The van der Waals surface area contributed by atoms with E-state index in [0.29, 0.717) is 23.3 Å². The molecule has 0 saturated heterocycles. The first-order valence-electron chi connectivity index (χ1n) is 33.1. The van der Waals surface area contributed by atoms with Crippen LogP contribution in [0.15, 0.2) is 297 Å². The monoisotopic (exact) mass is 1230 g/mol. The van der Waals surface area contributed by atoms with Gasteiger partial charge in [0.25, 0.3) is 6.71 Å². The van der Waals surface area contributed by atoms with E-state index in [1.165, 1.54) is 49.7 Å². The average molecular weight is 1240 g/mol. The topological polar surface area (TPSA) is 75.9 Å². The van der Waals surface area contributed by atoms with Crippen molar-refractivity contribution < 1.29 is 0 Å². The maximum Gasteiger partial charge on any atom is 0.252 e. The molecule has 0 atom stereocenters. The van der Waals surface area contributed by atoms with Crippen molar-refractivity contribution in [2.75, 3.05) is 9.80 Å². The molecular formula is C87H67BN8. The molecule has 0 bridgehead atoms. The lowest BCUT2D eigenvalue weighted by Crippen LogP contribution is -2.61. The van der Waals surface area contributed by atoms with Gasteiger partial charge >= 0.3 is 0 Å². The van der Waals surface area contributed by atoms with Gasteiger partial charge in [-0.25, -0.2) is 24.9 Å². The Morgan fingerprint density at radius 3 is 1.29 bits per heavy atom. The summed E-state index contributed by atoms with van der Waals surface area (Å²) in [6, 6.07) is 107. The highest BCUT2D eigenvalue weighted by Crippen LogP contribution is 2.46. The molecule has 8 nitrogen and oxygen atoms in total. The molecule has 0 saturated carbocycles. The quantitative estimate of drug-likeness (QED) is 0.126. The fraction of sp³-hybridized carbons (Fsp3) is 0.0920. The Labute approximate surface area is 560 Å². The van der Waals surface area contributed by atoms with Gasteiger partial charge in [0, 0.05) is 78.3 Å². The molecule has 0 spiro atoms. The highest BCUT2D eigenvalue weighted by atomic mass is 15.2. The molecule has 2 aliphatic heterocycles. The molecule has 3 aromatic heterocycles. The number of fused-ring (bicyclic) bond motifs is 7. The summed E-state index contributed by atoms with van der Waals surface area (Å²) in [5, 5.41) is 2.38. The molecule has 0 fully saturated rings. The zero-order chi connectivity index (χ0) is 64.8. The molecule has 17 rings (SSSR count). The molecule has 5 heterocycles. The van der Waals surface area contributed by atoms with Crippen LogP contribution in [-0.2, 0) is 10.8 Å². The predicted octanol–water partition coefficient (Wildman–Crippen LogP) is 20.1. The second kappa shape index (κ2) is 23.0. The van der Waals surface area contributed by atoms with Crippen LogP contribution in [-0.4, -0.2) is 36.2 Å². The van der Waals surface area contributed by atoms with Crippen LogP contribution in [0.1, 0.15) is 52.7 Å². The van der Waals surface area contributed by atoms with Crippen molar-refractivity contribution in [2.45, 2.75) is 52.4 Å². The Morgan fingerprint density at radius 2 is 0.708 bits per heavy atom. The number of benzene rings is 12. The van der Waals surface area contributed by atoms with E-state index in [1.54, 1.807) is 0 Å². The van der Waals surface area contributed by atoms with E-state index in [4.69, 9.17) is 24.9 Å². The van der Waals surface area contributed by atoms with Crippen LogP contribution in [0.3, 0.4) is 0 Å². The Hall–Kier alpha value is -11.8. The minimum atomic E-state index is -0.0769. The number of para-hydroxylation sites is 3. The van der Waals surface area contributed by atoms with E-state index in [9.17, 15) is 0 Å². The van der Waals surface area contributed by atoms with Gasteiger partial charge in [-0.15, -0.1) is 0 Å². The zero-order valence-corrected chi connectivity index (χ0v) is 54.4. The molecule has 458 valence electrons. The van der Waals surface area contributed by atoms with Crippen molar-refractivity contribution in [1.82, 2.24) is 29.5 Å². The molecule has 15 aromatic rings. The third-order valence-electron chi connectivity index (χ3n) is 19.1. The van der Waals surface area contributed by atoms with Gasteiger partial charge < -0.3 is 14.4 Å². The Morgan fingerprint density at radius 1 is 0.281 bits per heavy atom. The molecule has 9 heteroatoms. The van der Waals surface area contributed by atoms with E-state index >= 15 is 0 Å². The Bertz CT molecular complexity index is 5390. The first-order chi connectivity index (χ1) is 46.9. The first kappa shape index (κ1) is 58.0. The van der Waals surface area contributed by atoms with Gasteiger partial charge in [-0.05, 0) is 147 Å². The summed E-state index contributed by atoms with van der Waals surface area (Å²) in [6.07, 6.45) is 0. The van der Waals surface area contributed by atoms with E-state index in [1.807, 2.05) is 42.5 Å². The van der Waals surface area contributed by atoms with Crippen LogP contribution in [0.25, 0.3) is 107 Å². The van der Waals surface area contributed by atoms with E-state index in [2.05, 4.69) is 311 Å². The largest absolute Gasteiger partial charge is 0.311 e. The minimum Gasteiger partial charge on any atom is -0.311 e. The second-order valence-corrected chi connectivity index (χ2v) is 27.3. The van der Waals surface area contributed by atoms with Gasteiger partial charge in [0.05, 0.1) is 28.1 Å². The summed E-state index contributed by atoms with van der Waals surface area (Å²) in [4.78, 5) is 32.1. The molecule has 0 N–H and O–H groups in total. The third kappa shape index (κ3) is 10.1. The van der Waals surface area contributed by atoms with Crippen molar-refractivity contribution in [2.24, 2.45) is 0 Å². The van der Waals surface area contributed by atoms with Crippen molar-refractivity contribution in [1.29, 1.82) is 0 Å². The molecule has 0 aliphatic carbocycles. The first-order valence-corrected chi connectivity index (χ1v) is 33.1. The lowest BCUT2D eigenvalue weighted by atomic mass is 9.33. The average Bonchev–Trinajstić information content (AvgIpc) is 0.793. The zero-order valence-electron chi connectivity index (χ0n) is 54.4. The lowest BCUT2D eigenvalue weighted by Gasteiger charge is -2.44. The summed E-state index contributed by atoms with van der Waals surface area (Å²) in [6.45, 7) is 13.8. The van der Waals surface area contributed by atoms with Crippen LogP contribution in [0.2, 0.25) is 0 Å². The molecule has 12 aromatic carbocycles. The van der Waals surface area contributed by atoms with Crippen LogP contribution in [0.5, 0.6) is 0 Å². The maximum absolute atomic E-state index is 5.66. The van der Waals surface area contributed by atoms with Gasteiger partial charge in [0.15, 0.2) is 23.3 Å². The van der Waals surface area contributed by atoms with Crippen molar-refractivity contribution in [3.05, 3.63) is 308 Å². The highest BCUT2D eigenvalue weighted by molar-refractivity contribution is 7.00. The Balaban J connectivity index is 0.849. The van der Waals surface area contributed by atoms with Gasteiger partial charge in [-0.1, -0.05) is 242 Å². The third-order valence-corrected chi connectivity index (χ3v) is 19.1. The van der Waals surface area contributed by atoms with Crippen LogP contribution in [0, 0.1) is 0 Å². The van der Waals surface area contributed by atoms with E-state index < -0.39 is 0 Å². The minimum absolute atomic E-state index is 0.0433. The normalized spacial score (nSPS) is 12.6. The summed E-state index contributed by atoms with van der Waals surface area (Å²) in [5.74, 6) is 2.28. The van der Waals surface area contributed by atoms with Gasteiger partial charge in [0.2, 0.25) is 0 Å². The van der Waals surface area contributed by atoms with E-state index in [0.717, 1.165) is 95.4 Å². The van der Waals surface area contributed by atoms with E-state index in [-0.39, 0.29) is 17.5 Å². The summed E-state index contributed by atoms with van der Waals surface area (Å²) >= 11 is 0. The Kier molecular flexibility index (Phi) is 13.9. The summed E-state index contributed by atoms with van der Waals surface area (Å²) in [7, 11) is 0. The number of anilines is 6. The standard InChI is InChI=1S/C87H67BN8/c1-86(2,3)63-45-48-74-67(53-63)68-54-64(87(4,5)6)46-49-75(68)96(74)76-47-44-61(73-55-72(56-26-11-7-12-27-56)89-82(90-73)57-28-13-8-14-29-57)52-69(76)85-92-83(58-30-15-9-16-31-58)91-84(93-85)62-34-23-32-59(50-62)60-33-24-37-66(51-60)95-78-41-22-20-39-71(78)88-70-38-19-21-40-77(70)94(65-35-17-10-18-36-65)79-42-25-43-80(95)81(79)88/h7-55H,1-6H3. The van der Waals surface area contributed by atoms with Crippen molar-refractivity contribution >= 4 is 79.0 Å². The van der Waals surface area contributed by atoms with Gasteiger partial charge in [-0.2, -0.15) is 0 Å².